The largest absolute Gasteiger partial charge is 0.347 e. The fourth-order valence-electron chi connectivity index (χ4n) is 6.63. The van der Waals surface area contributed by atoms with Crippen molar-refractivity contribution in [3.63, 3.8) is 0 Å². The number of ketones is 4. The van der Waals surface area contributed by atoms with Crippen LogP contribution in [-0.4, -0.2) is 47.5 Å². The van der Waals surface area contributed by atoms with E-state index in [0.29, 0.717) is 0 Å². The molecule has 0 amide bonds. The van der Waals surface area contributed by atoms with Crippen LogP contribution in [-0.2, 0) is 30.0 Å². The van der Waals surface area contributed by atoms with Gasteiger partial charge in [0.05, 0.1) is 16.6 Å². The average molecular weight is 520 g/mol. The summed E-state index contributed by atoms with van der Waals surface area (Å²) in [6.07, 6.45) is 4.69. The number of rotatable bonds is 3. The molecule has 2 aromatic rings. The van der Waals surface area contributed by atoms with E-state index in [-0.39, 0.29) is 45.1 Å². The molecule has 4 aliphatic rings. The molecule has 0 N–H and O–H groups in total. The SMILES string of the molecule is CN1/C(=C\C2C(=O)C(=CC3C(=O)C(=CC4=[N+](C)c5ccccc5C4(C)C)C3=O)C2=O)C(C)(C)c2ccccc21. The molecule has 2 heterocycles. The topological polar surface area (TPSA) is 74.5 Å². The van der Waals surface area contributed by atoms with Crippen LogP contribution in [0.2, 0.25) is 0 Å². The molecule has 2 fully saturated rings. The number of para-hydroxylation sites is 2. The Hall–Kier alpha value is -4.19. The number of fused-ring (bicyclic) bond motifs is 2. The van der Waals surface area contributed by atoms with E-state index in [1.165, 1.54) is 6.08 Å². The van der Waals surface area contributed by atoms with Crippen molar-refractivity contribution in [3.8, 4) is 0 Å². The van der Waals surface area contributed by atoms with Crippen LogP contribution in [0.1, 0.15) is 38.8 Å². The zero-order valence-corrected chi connectivity index (χ0v) is 23.0. The van der Waals surface area contributed by atoms with Gasteiger partial charge in [-0.1, -0.05) is 56.3 Å². The summed E-state index contributed by atoms with van der Waals surface area (Å²) < 4.78 is 2.01. The first-order valence-corrected chi connectivity index (χ1v) is 13.2. The fraction of sp³-hybridized carbons (Fsp3) is 0.303. The van der Waals surface area contributed by atoms with Crippen molar-refractivity contribution in [1.82, 2.24) is 0 Å². The highest BCUT2D eigenvalue weighted by atomic mass is 16.2. The maximum absolute atomic E-state index is 13.1. The molecular formula is C33H31N2O4+. The van der Waals surface area contributed by atoms with E-state index < -0.39 is 11.8 Å². The van der Waals surface area contributed by atoms with E-state index in [2.05, 4.69) is 39.8 Å². The van der Waals surface area contributed by atoms with Crippen molar-refractivity contribution in [2.24, 2.45) is 11.8 Å². The molecule has 0 bridgehead atoms. The summed E-state index contributed by atoms with van der Waals surface area (Å²) in [5.74, 6) is -3.37. The molecule has 0 aromatic heterocycles. The van der Waals surface area contributed by atoms with Crippen molar-refractivity contribution >= 4 is 40.2 Å². The van der Waals surface area contributed by atoms with Gasteiger partial charge in [-0.15, -0.1) is 0 Å². The second kappa shape index (κ2) is 8.15. The van der Waals surface area contributed by atoms with Crippen LogP contribution in [0.4, 0.5) is 11.4 Å². The average Bonchev–Trinajstić information content (AvgIpc) is 3.23. The molecule has 2 saturated carbocycles. The van der Waals surface area contributed by atoms with Crippen LogP contribution in [0.25, 0.3) is 0 Å². The Bertz CT molecular complexity index is 1630. The van der Waals surface area contributed by atoms with E-state index >= 15 is 0 Å². The Balaban J connectivity index is 1.23. The summed E-state index contributed by atoms with van der Waals surface area (Å²) in [5.41, 5.74) is 5.44. The van der Waals surface area contributed by atoms with Gasteiger partial charge in [-0.2, -0.15) is 4.58 Å². The Morgan fingerprint density at radius 3 is 1.87 bits per heavy atom. The number of carbonyl (C=O) groups is 4. The first-order chi connectivity index (χ1) is 18.4. The Morgan fingerprint density at radius 1 is 0.718 bits per heavy atom. The molecule has 6 heteroatoms. The van der Waals surface area contributed by atoms with Crippen molar-refractivity contribution in [3.05, 3.63) is 94.7 Å². The van der Waals surface area contributed by atoms with Crippen molar-refractivity contribution in [2.75, 3.05) is 19.0 Å². The van der Waals surface area contributed by atoms with Gasteiger partial charge in [-0.25, -0.2) is 0 Å². The highest BCUT2D eigenvalue weighted by Gasteiger charge is 2.51. The summed E-state index contributed by atoms with van der Waals surface area (Å²) in [4.78, 5) is 54.2. The minimum atomic E-state index is -1.08. The van der Waals surface area contributed by atoms with E-state index in [9.17, 15) is 19.2 Å². The lowest BCUT2D eigenvalue weighted by molar-refractivity contribution is -0.401. The predicted octanol–water partition coefficient (Wildman–Crippen LogP) is 4.39. The third-order valence-electron chi connectivity index (χ3n) is 9.01. The number of benzene rings is 2. The van der Waals surface area contributed by atoms with Crippen LogP contribution in [0.5, 0.6) is 0 Å². The molecule has 0 unspecified atom stereocenters. The van der Waals surface area contributed by atoms with Gasteiger partial charge in [0.1, 0.15) is 18.9 Å². The number of hydrogen-bond donors (Lipinski definition) is 0. The van der Waals surface area contributed by atoms with Gasteiger partial charge < -0.3 is 4.90 Å². The molecule has 6 nitrogen and oxygen atoms in total. The summed E-state index contributed by atoms with van der Waals surface area (Å²) in [6.45, 7) is 8.28. The predicted molar refractivity (Wildman–Crippen MR) is 149 cm³/mol. The maximum Gasteiger partial charge on any atom is 0.209 e. The number of allylic oxidation sites excluding steroid dienone is 6. The Labute approximate surface area is 228 Å². The van der Waals surface area contributed by atoms with Crippen molar-refractivity contribution in [1.29, 1.82) is 0 Å². The normalized spacial score (nSPS) is 25.6. The second-order valence-corrected chi connectivity index (χ2v) is 11.9. The van der Waals surface area contributed by atoms with Gasteiger partial charge in [-0.3, -0.25) is 19.2 Å². The highest BCUT2D eigenvalue weighted by molar-refractivity contribution is 6.44. The lowest BCUT2D eigenvalue weighted by Gasteiger charge is -2.31. The third-order valence-corrected chi connectivity index (χ3v) is 9.01. The standard InChI is InChI=1S/C33H31N2O4/c1-32(2)22-11-7-9-13-24(22)34(5)26(32)16-20-28(36)18(29(20)37)15-19-30(38)21(31(19)39)17-27-33(3,4)23-12-8-10-14-25(23)35(27)6/h7-18,21H,1-6H3/q+1/b19-15?,20-16?,27-17-. The molecule has 196 valence electrons. The number of Topliss-reactive ketones (excluding diaryl/α,β-unsaturated/α-hetero) is 4. The van der Waals surface area contributed by atoms with E-state index in [1.807, 2.05) is 60.0 Å². The molecule has 2 aliphatic carbocycles. The molecule has 6 rings (SSSR count). The summed E-state index contributed by atoms with van der Waals surface area (Å²) in [5, 5.41) is 0. The summed E-state index contributed by atoms with van der Waals surface area (Å²) >= 11 is 0. The quantitative estimate of drug-likeness (QED) is 0.260. The van der Waals surface area contributed by atoms with Gasteiger partial charge >= 0.3 is 0 Å². The van der Waals surface area contributed by atoms with E-state index in [4.69, 9.17) is 0 Å². The number of likely N-dealkylation sites (N-methyl/N-ethyl adjacent to an activating group) is 1. The molecule has 0 spiro atoms. The minimum Gasteiger partial charge on any atom is -0.347 e. The van der Waals surface area contributed by atoms with Crippen LogP contribution in [0.15, 0.2) is 83.6 Å². The van der Waals surface area contributed by atoms with Crippen molar-refractivity contribution < 1.29 is 23.8 Å². The molecule has 2 aliphatic heterocycles. The van der Waals surface area contributed by atoms with Crippen molar-refractivity contribution in [2.45, 2.75) is 38.5 Å². The van der Waals surface area contributed by atoms with E-state index in [1.54, 1.807) is 12.2 Å². The maximum atomic E-state index is 13.1. The monoisotopic (exact) mass is 519 g/mol. The fourth-order valence-corrected chi connectivity index (χ4v) is 6.63. The first kappa shape index (κ1) is 25.1. The van der Waals surface area contributed by atoms with Crippen LogP contribution in [0.3, 0.4) is 0 Å². The number of carbonyl (C=O) groups excluding carboxylic acids is 4. The Morgan fingerprint density at radius 2 is 1.26 bits per heavy atom. The molecule has 0 atom stereocenters. The van der Waals surface area contributed by atoms with Gasteiger partial charge in [-0.05, 0) is 31.6 Å². The van der Waals surface area contributed by atoms with Gasteiger partial charge in [0, 0.05) is 41.6 Å². The van der Waals surface area contributed by atoms with Crippen LogP contribution < -0.4 is 4.90 Å². The molecule has 39 heavy (non-hydrogen) atoms. The van der Waals surface area contributed by atoms with Gasteiger partial charge in [0.2, 0.25) is 5.69 Å². The molecular weight excluding hydrogens is 488 g/mol. The lowest BCUT2D eigenvalue weighted by Crippen LogP contribution is -2.45. The second-order valence-electron chi connectivity index (χ2n) is 11.9. The van der Waals surface area contributed by atoms with E-state index in [0.717, 1.165) is 33.9 Å². The van der Waals surface area contributed by atoms with Crippen LogP contribution in [0, 0.1) is 11.8 Å². The number of nitrogens with zero attached hydrogens (tertiary/aromatic N) is 2. The summed E-state index contributed by atoms with van der Waals surface area (Å²) in [7, 11) is 3.86. The molecule has 2 aromatic carbocycles. The third kappa shape index (κ3) is 3.30. The lowest BCUT2D eigenvalue weighted by atomic mass is 9.69. The van der Waals surface area contributed by atoms with Gasteiger partial charge in [0.15, 0.2) is 28.8 Å². The van der Waals surface area contributed by atoms with Crippen LogP contribution >= 0.6 is 0 Å². The molecule has 0 saturated heterocycles. The summed E-state index contributed by atoms with van der Waals surface area (Å²) in [6, 6.07) is 16.0. The first-order valence-electron chi connectivity index (χ1n) is 13.2. The zero-order valence-electron chi connectivity index (χ0n) is 23.0. The molecule has 0 radical (unpaired) electrons. The number of anilines is 1. The van der Waals surface area contributed by atoms with Gasteiger partial charge in [0.25, 0.3) is 0 Å². The minimum absolute atomic E-state index is 0.0445. The Kier molecular flexibility index (Phi) is 5.25. The zero-order chi connectivity index (χ0) is 28.0. The smallest absolute Gasteiger partial charge is 0.209 e. The number of hydrogen-bond acceptors (Lipinski definition) is 5. The highest BCUT2D eigenvalue weighted by Crippen LogP contribution is 2.48.